The van der Waals surface area contributed by atoms with Gasteiger partial charge >= 0.3 is 0 Å². The van der Waals surface area contributed by atoms with E-state index in [1.54, 1.807) is 12.1 Å². The molecule has 4 heteroatoms. The normalized spacial score (nSPS) is 10.7. The fourth-order valence-corrected chi connectivity index (χ4v) is 0.963. The maximum Gasteiger partial charge on any atom is 0.265 e. The van der Waals surface area contributed by atoms with E-state index in [9.17, 15) is 9.59 Å². The van der Waals surface area contributed by atoms with Gasteiger partial charge < -0.3 is 11.1 Å². The number of hydrogen-bond acceptors (Lipinski definition) is 2. The van der Waals surface area contributed by atoms with Crippen LogP contribution >= 0.6 is 0 Å². The number of nitrogens with two attached hydrogens (primary N) is 1. The number of carbonyl (C=O) groups excluding carboxylic acids is 2. The Hall–Kier alpha value is -2.10. The van der Waals surface area contributed by atoms with Crippen molar-refractivity contribution in [1.82, 2.24) is 5.32 Å². The number of benzene rings is 1. The molecule has 14 heavy (non-hydrogen) atoms. The molecule has 0 aromatic heterocycles. The van der Waals surface area contributed by atoms with E-state index in [-0.39, 0.29) is 5.70 Å². The summed E-state index contributed by atoms with van der Waals surface area (Å²) in [6.07, 6.45) is 1.93. The summed E-state index contributed by atoms with van der Waals surface area (Å²) < 4.78 is 0. The predicted octanol–water partition coefficient (Wildman–Crippen LogP) is 0.259. The molecule has 0 aliphatic rings. The zero-order valence-corrected chi connectivity index (χ0v) is 7.44. The third-order valence-electron chi connectivity index (χ3n) is 1.59. The van der Waals surface area contributed by atoms with E-state index >= 15 is 0 Å². The molecule has 0 aliphatic heterocycles. The van der Waals surface area contributed by atoms with Crippen molar-refractivity contribution in [3.8, 4) is 0 Å². The highest BCUT2D eigenvalue weighted by Crippen LogP contribution is 2.03. The second kappa shape index (κ2) is 4.81. The molecule has 4 nitrogen and oxygen atoms in total. The first-order valence-corrected chi connectivity index (χ1v) is 4.01. The molecule has 3 N–H and O–H groups in total. The van der Waals surface area contributed by atoms with Gasteiger partial charge in [-0.05, 0) is 11.6 Å². The molecular formula is C10H10N2O2. The number of hydrogen-bond donors (Lipinski definition) is 2. The third kappa shape index (κ3) is 2.75. The monoisotopic (exact) mass is 190 g/mol. The first-order valence-electron chi connectivity index (χ1n) is 4.01. The van der Waals surface area contributed by atoms with Gasteiger partial charge in [-0.15, -0.1) is 0 Å². The molecule has 0 unspecified atom stereocenters. The molecule has 72 valence electrons. The Morgan fingerprint density at radius 1 is 1.29 bits per heavy atom. The Morgan fingerprint density at radius 2 is 1.93 bits per heavy atom. The highest BCUT2D eigenvalue weighted by molar-refractivity contribution is 5.97. The van der Waals surface area contributed by atoms with Crippen LogP contribution in [0, 0.1) is 0 Å². The van der Waals surface area contributed by atoms with Crippen molar-refractivity contribution in [3.05, 3.63) is 41.6 Å². The fraction of sp³-hybridized carbons (Fsp3) is 0. The Labute approximate surface area is 81.4 Å². The molecule has 1 rings (SSSR count). The molecule has 0 saturated carbocycles. The largest absolute Gasteiger partial charge is 0.364 e. The van der Waals surface area contributed by atoms with Crippen LogP contribution in [0.5, 0.6) is 0 Å². The molecule has 2 amide bonds. The molecule has 0 spiro atoms. The lowest BCUT2D eigenvalue weighted by atomic mass is 10.2. The van der Waals surface area contributed by atoms with Gasteiger partial charge in [-0.25, -0.2) is 0 Å². The number of rotatable bonds is 4. The molecule has 1 aromatic rings. The Kier molecular flexibility index (Phi) is 3.43. The minimum atomic E-state index is -0.666. The van der Waals surface area contributed by atoms with Crippen molar-refractivity contribution in [2.24, 2.45) is 5.73 Å². The summed E-state index contributed by atoms with van der Waals surface area (Å²) in [5.41, 5.74) is 5.92. The summed E-state index contributed by atoms with van der Waals surface area (Å²) >= 11 is 0. The fourth-order valence-electron chi connectivity index (χ4n) is 0.963. The van der Waals surface area contributed by atoms with Gasteiger partial charge in [-0.3, -0.25) is 9.59 Å². The lowest BCUT2D eigenvalue weighted by Gasteiger charge is -2.00. The van der Waals surface area contributed by atoms with E-state index in [0.29, 0.717) is 6.41 Å². The molecule has 0 fully saturated rings. The first kappa shape index (κ1) is 9.98. The highest BCUT2D eigenvalue weighted by atomic mass is 16.2. The molecule has 0 aliphatic carbocycles. The van der Waals surface area contributed by atoms with Crippen LogP contribution in [0.25, 0.3) is 6.08 Å². The topological polar surface area (TPSA) is 72.2 Å². The number of primary amides is 1. The number of amides is 2. The highest BCUT2D eigenvalue weighted by Gasteiger charge is 2.02. The smallest absolute Gasteiger partial charge is 0.265 e. The number of carbonyl (C=O) groups is 2. The van der Waals surface area contributed by atoms with Crippen molar-refractivity contribution in [3.63, 3.8) is 0 Å². The van der Waals surface area contributed by atoms with Gasteiger partial charge in [0.2, 0.25) is 6.41 Å². The average molecular weight is 190 g/mol. The lowest BCUT2D eigenvalue weighted by Crippen LogP contribution is -2.24. The van der Waals surface area contributed by atoms with E-state index in [0.717, 1.165) is 5.56 Å². The Balaban J connectivity index is 2.93. The van der Waals surface area contributed by atoms with Crippen LogP contribution in [0.15, 0.2) is 36.0 Å². The molecule has 0 saturated heterocycles. The molecule has 0 radical (unpaired) electrons. The van der Waals surface area contributed by atoms with Gasteiger partial charge in [0.1, 0.15) is 5.70 Å². The maximum absolute atomic E-state index is 10.8. The van der Waals surface area contributed by atoms with Crippen LogP contribution in [0.2, 0.25) is 0 Å². The van der Waals surface area contributed by atoms with E-state index in [2.05, 4.69) is 5.32 Å². The van der Waals surface area contributed by atoms with Crippen LogP contribution in [-0.2, 0) is 9.59 Å². The van der Waals surface area contributed by atoms with E-state index in [4.69, 9.17) is 5.73 Å². The zero-order chi connectivity index (χ0) is 10.4. The number of nitrogens with one attached hydrogen (secondary N) is 1. The average Bonchev–Trinajstić information content (AvgIpc) is 2.18. The van der Waals surface area contributed by atoms with Gasteiger partial charge in [0, 0.05) is 0 Å². The van der Waals surface area contributed by atoms with Crippen LogP contribution in [0.3, 0.4) is 0 Å². The summed E-state index contributed by atoms with van der Waals surface area (Å²) in [5.74, 6) is -0.666. The summed E-state index contributed by atoms with van der Waals surface area (Å²) in [6.45, 7) is 0. The van der Waals surface area contributed by atoms with Crippen LogP contribution in [-0.4, -0.2) is 12.3 Å². The zero-order valence-electron chi connectivity index (χ0n) is 7.44. The van der Waals surface area contributed by atoms with Gasteiger partial charge in [0.25, 0.3) is 5.91 Å². The lowest BCUT2D eigenvalue weighted by molar-refractivity contribution is -0.116. The molecular weight excluding hydrogens is 180 g/mol. The Bertz CT molecular complexity index is 358. The SMILES string of the molecule is NC(=O)/C(=C\c1ccccc1)NC=O. The summed E-state index contributed by atoms with van der Waals surface area (Å²) in [6, 6.07) is 9.11. The molecule has 0 bridgehead atoms. The quantitative estimate of drug-likeness (QED) is 0.528. The van der Waals surface area contributed by atoms with E-state index < -0.39 is 5.91 Å². The van der Waals surface area contributed by atoms with Crippen LogP contribution in [0.4, 0.5) is 0 Å². The Morgan fingerprint density at radius 3 is 2.43 bits per heavy atom. The van der Waals surface area contributed by atoms with E-state index in [1.165, 1.54) is 6.08 Å². The first-order chi connectivity index (χ1) is 6.74. The van der Waals surface area contributed by atoms with Crippen molar-refractivity contribution in [1.29, 1.82) is 0 Å². The summed E-state index contributed by atoms with van der Waals surface area (Å²) in [4.78, 5) is 21.0. The molecule has 1 aromatic carbocycles. The van der Waals surface area contributed by atoms with Gasteiger partial charge in [-0.1, -0.05) is 30.3 Å². The second-order valence-electron chi connectivity index (χ2n) is 2.60. The maximum atomic E-state index is 10.8. The van der Waals surface area contributed by atoms with Crippen molar-refractivity contribution < 1.29 is 9.59 Å². The van der Waals surface area contributed by atoms with Gasteiger partial charge in [-0.2, -0.15) is 0 Å². The third-order valence-corrected chi connectivity index (χ3v) is 1.59. The van der Waals surface area contributed by atoms with Crippen molar-refractivity contribution >= 4 is 18.4 Å². The standard InChI is InChI=1S/C10H10N2O2/c11-10(14)9(12-7-13)6-8-4-2-1-3-5-8/h1-7H,(H2,11,14)(H,12,13)/b9-6+. The van der Waals surface area contributed by atoms with Crippen LogP contribution in [0.1, 0.15) is 5.56 Å². The van der Waals surface area contributed by atoms with E-state index in [1.807, 2.05) is 18.2 Å². The van der Waals surface area contributed by atoms with Gasteiger partial charge in [0.15, 0.2) is 0 Å². The second-order valence-corrected chi connectivity index (χ2v) is 2.60. The minimum Gasteiger partial charge on any atom is -0.364 e. The molecule has 0 atom stereocenters. The van der Waals surface area contributed by atoms with Crippen molar-refractivity contribution in [2.75, 3.05) is 0 Å². The summed E-state index contributed by atoms with van der Waals surface area (Å²) in [5, 5.41) is 2.24. The van der Waals surface area contributed by atoms with Crippen LogP contribution < -0.4 is 11.1 Å². The van der Waals surface area contributed by atoms with Crippen molar-refractivity contribution in [2.45, 2.75) is 0 Å². The predicted molar refractivity (Wildman–Crippen MR) is 52.8 cm³/mol. The minimum absolute atomic E-state index is 0.0752. The van der Waals surface area contributed by atoms with Gasteiger partial charge in [0.05, 0.1) is 0 Å². The molecule has 0 heterocycles. The summed E-state index contributed by atoms with van der Waals surface area (Å²) in [7, 11) is 0.